The fourth-order valence-electron chi connectivity index (χ4n) is 2.26. The summed E-state index contributed by atoms with van der Waals surface area (Å²) in [6.07, 6.45) is 6.30. The minimum absolute atomic E-state index is 0.495. The van der Waals surface area contributed by atoms with Gasteiger partial charge in [-0.1, -0.05) is 25.8 Å². The summed E-state index contributed by atoms with van der Waals surface area (Å²) in [5.74, 6) is 1.58. The number of thiocarbonyl (C=S) groups is 1. The maximum Gasteiger partial charge on any atom is 0.185 e. The van der Waals surface area contributed by atoms with Gasteiger partial charge in [-0.2, -0.15) is 0 Å². The highest BCUT2D eigenvalue weighted by Crippen LogP contribution is 2.17. The van der Waals surface area contributed by atoms with Crippen LogP contribution >= 0.6 is 12.2 Å². The Hall–Kier alpha value is -1.49. The smallest absolute Gasteiger partial charge is 0.185 e. The molecule has 104 valence electrons. The van der Waals surface area contributed by atoms with Crippen molar-refractivity contribution in [2.45, 2.75) is 45.1 Å². The Morgan fingerprint density at radius 1 is 1.26 bits per heavy atom. The van der Waals surface area contributed by atoms with Crippen LogP contribution in [0.4, 0.5) is 0 Å². The molecule has 4 nitrogen and oxygen atoms in total. The zero-order chi connectivity index (χ0) is 13.7. The van der Waals surface area contributed by atoms with Crippen LogP contribution in [0.15, 0.2) is 23.1 Å². The molecule has 1 fully saturated rings. The summed E-state index contributed by atoms with van der Waals surface area (Å²) in [4.78, 5) is 0. The third kappa shape index (κ3) is 4.28. The first-order chi connectivity index (χ1) is 9.15. The largest absolute Gasteiger partial charge is 0.460 e. The molecule has 0 unspecified atom stereocenters. The predicted octanol–water partition coefficient (Wildman–Crippen LogP) is 2.86. The van der Waals surface area contributed by atoms with Gasteiger partial charge in [-0.3, -0.25) is 10.9 Å². The molecular weight excluding hydrogens is 258 g/mol. The van der Waals surface area contributed by atoms with E-state index in [4.69, 9.17) is 16.6 Å². The second-order valence-corrected chi connectivity index (χ2v) is 5.36. The number of hydrogen-bond donors (Lipinski definition) is 3. The van der Waals surface area contributed by atoms with Crippen molar-refractivity contribution < 1.29 is 4.42 Å². The maximum absolute atomic E-state index is 5.46. The van der Waals surface area contributed by atoms with Crippen LogP contribution in [0, 0.1) is 6.92 Å². The normalized spacial score (nSPS) is 15.8. The number of nitrogens with one attached hydrogen (secondary N) is 3. The molecule has 1 heterocycles. The Balaban J connectivity index is 1.72. The molecule has 1 aliphatic rings. The van der Waals surface area contributed by atoms with E-state index in [0.717, 1.165) is 5.76 Å². The van der Waals surface area contributed by atoms with E-state index in [2.05, 4.69) is 22.7 Å². The van der Waals surface area contributed by atoms with E-state index in [1.54, 1.807) is 0 Å². The highest BCUT2D eigenvalue weighted by molar-refractivity contribution is 7.80. The molecule has 0 amide bonds. The lowest BCUT2D eigenvalue weighted by Crippen LogP contribution is -2.47. The van der Waals surface area contributed by atoms with Gasteiger partial charge in [-0.15, -0.1) is 0 Å². The topological polar surface area (TPSA) is 49.2 Å². The molecule has 1 aromatic heterocycles. The van der Waals surface area contributed by atoms with Crippen molar-refractivity contribution in [2.24, 2.45) is 0 Å². The molecule has 3 N–H and O–H groups in total. The quantitative estimate of drug-likeness (QED) is 0.584. The van der Waals surface area contributed by atoms with Crippen LogP contribution < -0.4 is 16.2 Å². The van der Waals surface area contributed by atoms with Crippen molar-refractivity contribution in [1.29, 1.82) is 0 Å². The summed E-state index contributed by atoms with van der Waals surface area (Å²) < 4.78 is 5.46. The van der Waals surface area contributed by atoms with Gasteiger partial charge in [0.2, 0.25) is 0 Å². The SMILES string of the molecule is C=C(NNC(=S)NC1CCCCC1)c1ccc(C)o1. The number of aryl methyl sites for hydroxylation is 1. The van der Waals surface area contributed by atoms with Crippen LogP contribution in [0.25, 0.3) is 5.70 Å². The molecule has 19 heavy (non-hydrogen) atoms. The molecular formula is C14H21N3OS. The standard InChI is InChI=1S/C14H21N3OS/c1-10-8-9-13(18-10)11(2)16-17-14(19)15-12-6-4-3-5-7-12/h8-9,12,16H,2-7H2,1H3,(H2,15,17,19). The van der Waals surface area contributed by atoms with Crippen molar-refractivity contribution in [3.63, 3.8) is 0 Å². The summed E-state index contributed by atoms with van der Waals surface area (Å²) in [6, 6.07) is 4.28. The van der Waals surface area contributed by atoms with Crippen molar-refractivity contribution in [3.05, 3.63) is 30.2 Å². The summed E-state index contributed by atoms with van der Waals surface area (Å²) in [6.45, 7) is 5.80. The molecule has 0 spiro atoms. The fourth-order valence-corrected chi connectivity index (χ4v) is 2.48. The fraction of sp³-hybridized carbons (Fsp3) is 0.500. The van der Waals surface area contributed by atoms with Gasteiger partial charge in [-0.25, -0.2) is 0 Å². The summed E-state index contributed by atoms with van der Waals surface area (Å²) in [5.41, 5.74) is 6.58. The van der Waals surface area contributed by atoms with Gasteiger partial charge >= 0.3 is 0 Å². The van der Waals surface area contributed by atoms with Crippen LogP contribution in [-0.2, 0) is 0 Å². The Bertz CT molecular complexity index is 449. The van der Waals surface area contributed by atoms with E-state index in [9.17, 15) is 0 Å². The van der Waals surface area contributed by atoms with E-state index in [0.29, 0.717) is 22.6 Å². The molecule has 0 bridgehead atoms. The minimum Gasteiger partial charge on any atom is -0.460 e. The highest BCUT2D eigenvalue weighted by Gasteiger charge is 2.13. The first-order valence-corrected chi connectivity index (χ1v) is 7.14. The van der Waals surface area contributed by atoms with Crippen molar-refractivity contribution in [2.75, 3.05) is 0 Å². The monoisotopic (exact) mass is 279 g/mol. The number of rotatable bonds is 4. The van der Waals surface area contributed by atoms with E-state index in [-0.39, 0.29) is 0 Å². The van der Waals surface area contributed by atoms with Crippen LogP contribution in [0.1, 0.15) is 43.6 Å². The molecule has 1 aliphatic carbocycles. The number of furan rings is 1. The van der Waals surface area contributed by atoms with Crippen LogP contribution in [-0.4, -0.2) is 11.2 Å². The first-order valence-electron chi connectivity index (χ1n) is 6.73. The summed E-state index contributed by atoms with van der Waals surface area (Å²) in [7, 11) is 0. The Morgan fingerprint density at radius 2 is 2.00 bits per heavy atom. The minimum atomic E-state index is 0.495. The van der Waals surface area contributed by atoms with Gasteiger partial charge in [0.05, 0.1) is 5.70 Å². The van der Waals surface area contributed by atoms with Gasteiger partial charge in [0.1, 0.15) is 5.76 Å². The lowest BCUT2D eigenvalue weighted by Gasteiger charge is -2.24. The van der Waals surface area contributed by atoms with Gasteiger partial charge in [-0.05, 0) is 44.1 Å². The van der Waals surface area contributed by atoms with E-state index >= 15 is 0 Å². The third-order valence-corrected chi connectivity index (χ3v) is 3.53. The van der Waals surface area contributed by atoms with E-state index < -0.39 is 0 Å². The second-order valence-electron chi connectivity index (χ2n) is 4.95. The maximum atomic E-state index is 5.46. The van der Waals surface area contributed by atoms with E-state index in [1.807, 2.05) is 19.1 Å². The molecule has 0 aromatic carbocycles. The molecule has 1 aromatic rings. The Labute approximate surface area is 119 Å². The van der Waals surface area contributed by atoms with Gasteiger partial charge < -0.3 is 9.73 Å². The first kappa shape index (κ1) is 13.9. The lowest BCUT2D eigenvalue weighted by atomic mass is 9.96. The van der Waals surface area contributed by atoms with Crippen molar-refractivity contribution in [3.8, 4) is 0 Å². The highest BCUT2D eigenvalue weighted by atomic mass is 32.1. The molecule has 0 saturated heterocycles. The van der Waals surface area contributed by atoms with Gasteiger partial charge in [0.25, 0.3) is 0 Å². The van der Waals surface area contributed by atoms with Gasteiger partial charge in [0, 0.05) is 6.04 Å². The Kier molecular flexibility index (Phi) is 4.85. The molecule has 1 saturated carbocycles. The molecule has 0 atom stereocenters. The number of hydrazine groups is 1. The van der Waals surface area contributed by atoms with E-state index in [1.165, 1.54) is 32.1 Å². The van der Waals surface area contributed by atoms with Crippen LogP contribution in [0.5, 0.6) is 0 Å². The van der Waals surface area contributed by atoms with Crippen molar-refractivity contribution in [1.82, 2.24) is 16.2 Å². The second kappa shape index (κ2) is 6.61. The predicted molar refractivity (Wildman–Crippen MR) is 81.4 cm³/mol. The third-order valence-electron chi connectivity index (χ3n) is 3.31. The average molecular weight is 279 g/mol. The summed E-state index contributed by atoms with van der Waals surface area (Å²) in [5, 5.41) is 3.92. The zero-order valence-corrected chi connectivity index (χ0v) is 12.1. The molecule has 0 radical (unpaired) electrons. The average Bonchev–Trinajstić information content (AvgIpc) is 2.84. The van der Waals surface area contributed by atoms with Crippen molar-refractivity contribution >= 4 is 23.0 Å². The van der Waals surface area contributed by atoms with Crippen LogP contribution in [0.3, 0.4) is 0 Å². The van der Waals surface area contributed by atoms with Gasteiger partial charge in [0.15, 0.2) is 10.9 Å². The van der Waals surface area contributed by atoms with Crippen LogP contribution in [0.2, 0.25) is 0 Å². The lowest BCUT2D eigenvalue weighted by molar-refractivity contribution is 0.411. The molecule has 5 heteroatoms. The molecule has 2 rings (SSSR count). The number of hydrogen-bond acceptors (Lipinski definition) is 3. The Morgan fingerprint density at radius 3 is 2.63 bits per heavy atom. The zero-order valence-electron chi connectivity index (χ0n) is 11.3. The summed E-state index contributed by atoms with van der Waals surface area (Å²) >= 11 is 5.25. The molecule has 0 aliphatic heterocycles.